The summed E-state index contributed by atoms with van der Waals surface area (Å²) in [5.74, 6) is 0. The summed E-state index contributed by atoms with van der Waals surface area (Å²) < 4.78 is 39.6. The van der Waals surface area contributed by atoms with Crippen molar-refractivity contribution in [2.75, 3.05) is 6.54 Å². The van der Waals surface area contributed by atoms with Crippen molar-refractivity contribution < 1.29 is 13.2 Å². The van der Waals surface area contributed by atoms with E-state index in [1.54, 1.807) is 6.20 Å². The van der Waals surface area contributed by atoms with Gasteiger partial charge in [0.15, 0.2) is 0 Å². The first-order chi connectivity index (χ1) is 8.91. The van der Waals surface area contributed by atoms with E-state index in [1.807, 2.05) is 0 Å². The number of aromatic nitrogens is 3. The molecule has 1 heterocycles. The first-order valence-electron chi connectivity index (χ1n) is 5.40. The van der Waals surface area contributed by atoms with Crippen LogP contribution in [-0.4, -0.2) is 21.5 Å². The molecule has 2 rings (SSSR count). The molecular weight excluding hydrogens is 325 g/mol. The zero-order chi connectivity index (χ0) is 14.0. The number of nitrogens with zero attached hydrogens (tertiary/aromatic N) is 3. The van der Waals surface area contributed by atoms with E-state index in [-0.39, 0.29) is 4.47 Å². The van der Waals surface area contributed by atoms with Crippen LogP contribution in [-0.2, 0) is 12.6 Å². The Balaban J connectivity index is 2.39. The monoisotopic (exact) mass is 334 g/mol. The van der Waals surface area contributed by atoms with Gasteiger partial charge in [0.1, 0.15) is 0 Å². The number of halogens is 4. The van der Waals surface area contributed by atoms with Gasteiger partial charge in [0, 0.05) is 10.9 Å². The molecule has 0 aliphatic carbocycles. The van der Waals surface area contributed by atoms with E-state index in [1.165, 1.54) is 16.8 Å². The molecular formula is C11H10BrF3N4. The maximum absolute atomic E-state index is 12.8. The van der Waals surface area contributed by atoms with Gasteiger partial charge in [-0.05, 0) is 24.7 Å². The van der Waals surface area contributed by atoms with Crippen molar-refractivity contribution in [2.24, 2.45) is 5.73 Å². The number of rotatable bonds is 3. The van der Waals surface area contributed by atoms with E-state index in [0.29, 0.717) is 24.3 Å². The largest absolute Gasteiger partial charge is 0.417 e. The minimum absolute atomic E-state index is 0.00829. The Morgan fingerprint density at radius 1 is 1.32 bits per heavy atom. The van der Waals surface area contributed by atoms with Crippen molar-refractivity contribution in [2.45, 2.75) is 12.6 Å². The summed E-state index contributed by atoms with van der Waals surface area (Å²) in [6.45, 7) is 0.410. The SMILES string of the molecule is NCCc1cn(-c2ccc(Br)c(C(F)(F)F)c2)nn1. The van der Waals surface area contributed by atoms with Crippen molar-refractivity contribution in [3.8, 4) is 5.69 Å². The molecule has 4 nitrogen and oxygen atoms in total. The Bertz CT molecular complexity index is 580. The first-order valence-corrected chi connectivity index (χ1v) is 6.19. The van der Waals surface area contributed by atoms with Crippen LogP contribution >= 0.6 is 15.9 Å². The molecule has 0 aliphatic heterocycles. The van der Waals surface area contributed by atoms with Gasteiger partial charge in [-0.1, -0.05) is 21.1 Å². The number of hydrogen-bond donors (Lipinski definition) is 1. The van der Waals surface area contributed by atoms with E-state index in [9.17, 15) is 13.2 Å². The molecule has 0 spiro atoms. The highest BCUT2D eigenvalue weighted by atomic mass is 79.9. The molecule has 1 aromatic carbocycles. The molecule has 1 aromatic heterocycles. The zero-order valence-electron chi connectivity index (χ0n) is 9.65. The lowest BCUT2D eigenvalue weighted by Crippen LogP contribution is -2.07. The quantitative estimate of drug-likeness (QED) is 0.938. The summed E-state index contributed by atoms with van der Waals surface area (Å²) in [5, 5.41) is 7.62. The fraction of sp³-hybridized carbons (Fsp3) is 0.273. The fourth-order valence-corrected chi connectivity index (χ4v) is 2.03. The Labute approximate surface area is 115 Å². The second kappa shape index (κ2) is 5.30. The van der Waals surface area contributed by atoms with Gasteiger partial charge in [0.25, 0.3) is 0 Å². The highest BCUT2D eigenvalue weighted by molar-refractivity contribution is 9.10. The van der Waals surface area contributed by atoms with Gasteiger partial charge in [0.05, 0.1) is 23.1 Å². The smallest absolute Gasteiger partial charge is 0.330 e. The molecule has 0 saturated carbocycles. The second-order valence-electron chi connectivity index (χ2n) is 3.86. The summed E-state index contributed by atoms with van der Waals surface area (Å²) in [6.07, 6.45) is -2.32. The Morgan fingerprint density at radius 3 is 2.68 bits per heavy atom. The number of hydrogen-bond acceptors (Lipinski definition) is 3. The van der Waals surface area contributed by atoms with Crippen molar-refractivity contribution in [1.29, 1.82) is 0 Å². The van der Waals surface area contributed by atoms with E-state index >= 15 is 0 Å². The molecule has 0 fully saturated rings. The van der Waals surface area contributed by atoms with Gasteiger partial charge in [-0.3, -0.25) is 0 Å². The summed E-state index contributed by atoms with van der Waals surface area (Å²) in [5.41, 5.74) is 5.56. The van der Waals surface area contributed by atoms with Gasteiger partial charge >= 0.3 is 6.18 Å². The lowest BCUT2D eigenvalue weighted by molar-refractivity contribution is -0.138. The molecule has 0 saturated heterocycles. The van der Waals surface area contributed by atoms with E-state index in [4.69, 9.17) is 5.73 Å². The minimum atomic E-state index is -4.42. The van der Waals surface area contributed by atoms with E-state index < -0.39 is 11.7 Å². The van der Waals surface area contributed by atoms with E-state index in [2.05, 4.69) is 26.2 Å². The van der Waals surface area contributed by atoms with Crippen molar-refractivity contribution >= 4 is 15.9 Å². The molecule has 0 unspecified atom stereocenters. The summed E-state index contributed by atoms with van der Waals surface area (Å²) in [4.78, 5) is 0. The van der Waals surface area contributed by atoms with Crippen LogP contribution in [0.5, 0.6) is 0 Å². The summed E-state index contributed by atoms with van der Waals surface area (Å²) in [6, 6.07) is 3.88. The average Bonchev–Trinajstić information content (AvgIpc) is 2.77. The Hall–Kier alpha value is -1.41. The topological polar surface area (TPSA) is 56.7 Å². The summed E-state index contributed by atoms with van der Waals surface area (Å²) >= 11 is 2.89. The second-order valence-corrected chi connectivity index (χ2v) is 4.71. The van der Waals surface area contributed by atoms with E-state index in [0.717, 1.165) is 6.07 Å². The molecule has 2 N–H and O–H groups in total. The molecule has 0 bridgehead atoms. The molecule has 0 aliphatic rings. The van der Waals surface area contributed by atoms with Crippen molar-refractivity contribution in [1.82, 2.24) is 15.0 Å². The van der Waals surface area contributed by atoms with Crippen LogP contribution in [0.4, 0.5) is 13.2 Å². The lowest BCUT2D eigenvalue weighted by atomic mass is 10.2. The molecule has 2 aromatic rings. The predicted molar refractivity (Wildman–Crippen MR) is 66.8 cm³/mol. The van der Waals surface area contributed by atoms with Crippen LogP contribution in [0.1, 0.15) is 11.3 Å². The average molecular weight is 335 g/mol. The number of benzene rings is 1. The van der Waals surface area contributed by atoms with Gasteiger partial charge in [0.2, 0.25) is 0 Å². The molecule has 0 radical (unpaired) electrons. The van der Waals surface area contributed by atoms with Gasteiger partial charge in [-0.2, -0.15) is 13.2 Å². The first kappa shape index (κ1) is 14.0. The Morgan fingerprint density at radius 2 is 2.05 bits per heavy atom. The van der Waals surface area contributed by atoms with Crippen LogP contribution in [0, 0.1) is 0 Å². The number of alkyl halides is 3. The molecule has 8 heteroatoms. The minimum Gasteiger partial charge on any atom is -0.330 e. The van der Waals surface area contributed by atoms with Crippen LogP contribution in [0.3, 0.4) is 0 Å². The highest BCUT2D eigenvalue weighted by Gasteiger charge is 2.33. The lowest BCUT2D eigenvalue weighted by Gasteiger charge is -2.10. The van der Waals surface area contributed by atoms with Gasteiger partial charge < -0.3 is 5.73 Å². The standard InChI is InChI=1S/C11H10BrF3N4/c12-10-2-1-8(5-9(10)11(13,14)15)19-6-7(3-4-16)17-18-19/h1-2,5-6H,3-4,16H2. The maximum atomic E-state index is 12.8. The van der Waals surface area contributed by atoms with Crippen molar-refractivity contribution in [3.63, 3.8) is 0 Å². The molecule has 0 amide bonds. The van der Waals surface area contributed by atoms with Crippen molar-refractivity contribution in [3.05, 3.63) is 40.1 Å². The molecule has 19 heavy (non-hydrogen) atoms. The molecule has 102 valence electrons. The molecule has 0 atom stereocenters. The normalized spacial score (nSPS) is 11.8. The third-order valence-corrected chi connectivity index (χ3v) is 3.15. The predicted octanol–water partition coefficient (Wildman–Crippen LogP) is 2.55. The van der Waals surface area contributed by atoms with Gasteiger partial charge in [-0.25, -0.2) is 4.68 Å². The zero-order valence-corrected chi connectivity index (χ0v) is 11.2. The van der Waals surface area contributed by atoms with Gasteiger partial charge in [-0.15, -0.1) is 5.10 Å². The fourth-order valence-electron chi connectivity index (χ4n) is 1.56. The highest BCUT2D eigenvalue weighted by Crippen LogP contribution is 2.35. The number of nitrogens with two attached hydrogens (primary N) is 1. The van der Waals surface area contributed by atoms with Crippen LogP contribution in [0.2, 0.25) is 0 Å². The van der Waals surface area contributed by atoms with Crippen LogP contribution in [0.25, 0.3) is 5.69 Å². The van der Waals surface area contributed by atoms with Crippen LogP contribution < -0.4 is 5.73 Å². The van der Waals surface area contributed by atoms with Crippen LogP contribution in [0.15, 0.2) is 28.9 Å². The third kappa shape index (κ3) is 3.13. The third-order valence-electron chi connectivity index (χ3n) is 2.46. The summed E-state index contributed by atoms with van der Waals surface area (Å²) in [7, 11) is 0. The maximum Gasteiger partial charge on any atom is 0.417 e. The Kier molecular flexibility index (Phi) is 3.91.